The van der Waals surface area contributed by atoms with Gasteiger partial charge in [0, 0.05) is 31.4 Å². The maximum atomic E-state index is 9.31. The molecule has 1 saturated heterocycles. The first-order chi connectivity index (χ1) is 6.56. The molecule has 1 fully saturated rings. The highest BCUT2D eigenvalue weighted by Crippen LogP contribution is 2.15. The zero-order valence-electron chi connectivity index (χ0n) is 9.53. The lowest BCUT2D eigenvalue weighted by Gasteiger charge is -2.43. The van der Waals surface area contributed by atoms with Crippen LogP contribution in [0.1, 0.15) is 20.8 Å². The molecule has 1 aliphatic heterocycles. The van der Waals surface area contributed by atoms with Crippen LogP contribution >= 0.6 is 0 Å². The van der Waals surface area contributed by atoms with Gasteiger partial charge in [0.1, 0.15) is 0 Å². The lowest BCUT2D eigenvalue weighted by atomic mass is 10.1. The van der Waals surface area contributed by atoms with Crippen LogP contribution in [-0.2, 0) is 0 Å². The fourth-order valence-corrected chi connectivity index (χ4v) is 2.06. The molecule has 1 heterocycles. The fourth-order valence-electron chi connectivity index (χ4n) is 2.06. The van der Waals surface area contributed by atoms with E-state index in [1.807, 2.05) is 6.92 Å². The van der Waals surface area contributed by atoms with Crippen LogP contribution in [0.15, 0.2) is 12.3 Å². The van der Waals surface area contributed by atoms with Crippen molar-refractivity contribution in [2.45, 2.75) is 32.9 Å². The largest absolute Gasteiger partial charge is 0.395 e. The SMILES string of the molecule is C=C(C)N1CCN(C(C)C)C(CO)C1. The van der Waals surface area contributed by atoms with E-state index in [1.54, 1.807) is 0 Å². The first-order valence-electron chi connectivity index (χ1n) is 5.33. The highest BCUT2D eigenvalue weighted by molar-refractivity contribution is 4.95. The Hall–Kier alpha value is -0.540. The zero-order valence-corrected chi connectivity index (χ0v) is 9.53. The van der Waals surface area contributed by atoms with Gasteiger partial charge in [0.25, 0.3) is 0 Å². The van der Waals surface area contributed by atoms with Gasteiger partial charge in [0.05, 0.1) is 12.6 Å². The van der Waals surface area contributed by atoms with E-state index in [0.717, 1.165) is 25.3 Å². The number of aliphatic hydroxyl groups is 1. The molecule has 1 rings (SSSR count). The Balaban J connectivity index is 2.59. The summed E-state index contributed by atoms with van der Waals surface area (Å²) in [5.41, 5.74) is 1.10. The summed E-state index contributed by atoms with van der Waals surface area (Å²) < 4.78 is 0. The van der Waals surface area contributed by atoms with Crippen LogP contribution in [0.3, 0.4) is 0 Å². The Kier molecular flexibility index (Phi) is 3.96. The predicted molar refractivity (Wildman–Crippen MR) is 59.1 cm³/mol. The summed E-state index contributed by atoms with van der Waals surface area (Å²) in [5, 5.41) is 9.31. The van der Waals surface area contributed by atoms with Gasteiger partial charge in [-0.1, -0.05) is 6.58 Å². The standard InChI is InChI=1S/C11H22N2O/c1-9(2)12-5-6-13(10(3)4)11(7-12)8-14/h10-11,14H,1,5-8H2,2-4H3. The summed E-state index contributed by atoms with van der Waals surface area (Å²) in [5.74, 6) is 0. The lowest BCUT2D eigenvalue weighted by Crippen LogP contribution is -2.56. The fraction of sp³-hybridized carbons (Fsp3) is 0.818. The Labute approximate surface area is 87.0 Å². The number of piperazine rings is 1. The third-order valence-corrected chi connectivity index (χ3v) is 2.94. The first kappa shape index (κ1) is 11.5. The van der Waals surface area contributed by atoms with Crippen LogP contribution in [0.25, 0.3) is 0 Å². The highest BCUT2D eigenvalue weighted by Gasteiger charge is 2.27. The Morgan fingerprint density at radius 2 is 2.14 bits per heavy atom. The molecule has 0 amide bonds. The van der Waals surface area contributed by atoms with E-state index in [9.17, 15) is 5.11 Å². The Bertz CT molecular complexity index is 203. The van der Waals surface area contributed by atoms with Gasteiger partial charge >= 0.3 is 0 Å². The van der Waals surface area contributed by atoms with E-state index < -0.39 is 0 Å². The van der Waals surface area contributed by atoms with Crippen LogP contribution in [-0.4, -0.2) is 53.2 Å². The summed E-state index contributed by atoms with van der Waals surface area (Å²) in [7, 11) is 0. The maximum absolute atomic E-state index is 9.31. The average Bonchev–Trinajstić information content (AvgIpc) is 2.16. The second kappa shape index (κ2) is 4.80. The van der Waals surface area contributed by atoms with Gasteiger partial charge in [0.2, 0.25) is 0 Å². The molecule has 0 aliphatic carbocycles. The molecule has 14 heavy (non-hydrogen) atoms. The number of nitrogens with zero attached hydrogens (tertiary/aromatic N) is 2. The second-order valence-electron chi connectivity index (χ2n) is 4.35. The quantitative estimate of drug-likeness (QED) is 0.730. The minimum Gasteiger partial charge on any atom is -0.395 e. The van der Waals surface area contributed by atoms with Crippen molar-refractivity contribution in [2.75, 3.05) is 26.2 Å². The minimum atomic E-state index is 0.238. The lowest BCUT2D eigenvalue weighted by molar-refractivity contribution is 0.0336. The molecular weight excluding hydrogens is 176 g/mol. The highest BCUT2D eigenvalue weighted by atomic mass is 16.3. The maximum Gasteiger partial charge on any atom is 0.0604 e. The van der Waals surface area contributed by atoms with Gasteiger partial charge in [0.15, 0.2) is 0 Å². The third kappa shape index (κ3) is 2.49. The molecule has 0 spiro atoms. The van der Waals surface area contributed by atoms with Gasteiger partial charge in [-0.15, -0.1) is 0 Å². The van der Waals surface area contributed by atoms with Gasteiger partial charge < -0.3 is 10.0 Å². The van der Waals surface area contributed by atoms with Gasteiger partial charge in [-0.25, -0.2) is 0 Å². The van der Waals surface area contributed by atoms with Crippen molar-refractivity contribution in [2.24, 2.45) is 0 Å². The molecule has 1 unspecified atom stereocenters. The van der Waals surface area contributed by atoms with Crippen LogP contribution < -0.4 is 0 Å². The van der Waals surface area contributed by atoms with Crippen molar-refractivity contribution in [3.8, 4) is 0 Å². The van der Waals surface area contributed by atoms with Crippen molar-refractivity contribution < 1.29 is 5.11 Å². The number of aliphatic hydroxyl groups excluding tert-OH is 1. The van der Waals surface area contributed by atoms with Crippen LogP contribution in [0, 0.1) is 0 Å². The van der Waals surface area contributed by atoms with E-state index in [0.29, 0.717) is 6.04 Å². The smallest absolute Gasteiger partial charge is 0.0604 e. The summed E-state index contributed by atoms with van der Waals surface area (Å²) in [6.07, 6.45) is 0. The molecule has 82 valence electrons. The molecule has 1 atom stereocenters. The molecule has 1 aliphatic rings. The van der Waals surface area contributed by atoms with Crippen LogP contribution in [0.4, 0.5) is 0 Å². The van der Waals surface area contributed by atoms with Crippen molar-refractivity contribution in [3.63, 3.8) is 0 Å². The number of rotatable bonds is 3. The van der Waals surface area contributed by atoms with E-state index in [-0.39, 0.29) is 12.6 Å². The zero-order chi connectivity index (χ0) is 10.7. The molecule has 0 aromatic carbocycles. The van der Waals surface area contributed by atoms with Crippen LogP contribution in [0.5, 0.6) is 0 Å². The summed E-state index contributed by atoms with van der Waals surface area (Å²) in [6.45, 7) is 13.5. The predicted octanol–water partition coefficient (Wildman–Crippen LogP) is 0.907. The van der Waals surface area contributed by atoms with Gasteiger partial charge in [-0.3, -0.25) is 4.90 Å². The van der Waals surface area contributed by atoms with Gasteiger partial charge in [-0.05, 0) is 20.8 Å². The summed E-state index contributed by atoms with van der Waals surface area (Å²) >= 11 is 0. The van der Waals surface area contributed by atoms with E-state index in [4.69, 9.17) is 0 Å². The third-order valence-electron chi connectivity index (χ3n) is 2.94. The first-order valence-corrected chi connectivity index (χ1v) is 5.33. The molecule has 0 radical (unpaired) electrons. The van der Waals surface area contributed by atoms with E-state index >= 15 is 0 Å². The van der Waals surface area contributed by atoms with Crippen molar-refractivity contribution in [1.82, 2.24) is 9.80 Å². The average molecular weight is 198 g/mol. The monoisotopic (exact) mass is 198 g/mol. The molecule has 1 N–H and O–H groups in total. The van der Waals surface area contributed by atoms with Crippen molar-refractivity contribution >= 4 is 0 Å². The molecule has 0 bridgehead atoms. The van der Waals surface area contributed by atoms with Gasteiger partial charge in [-0.2, -0.15) is 0 Å². The Morgan fingerprint density at radius 3 is 2.57 bits per heavy atom. The molecule has 3 nitrogen and oxygen atoms in total. The minimum absolute atomic E-state index is 0.238. The van der Waals surface area contributed by atoms with E-state index in [1.165, 1.54) is 0 Å². The number of allylic oxidation sites excluding steroid dienone is 1. The number of hydrogen-bond acceptors (Lipinski definition) is 3. The van der Waals surface area contributed by atoms with E-state index in [2.05, 4.69) is 30.2 Å². The normalized spacial score (nSPS) is 24.4. The van der Waals surface area contributed by atoms with Crippen molar-refractivity contribution in [1.29, 1.82) is 0 Å². The molecule has 0 aromatic heterocycles. The summed E-state index contributed by atoms with van der Waals surface area (Å²) in [4.78, 5) is 4.61. The summed E-state index contributed by atoms with van der Waals surface area (Å²) in [6, 6.07) is 0.778. The molecule has 3 heteroatoms. The number of hydrogen-bond donors (Lipinski definition) is 1. The Morgan fingerprint density at radius 1 is 1.50 bits per heavy atom. The second-order valence-corrected chi connectivity index (χ2v) is 4.35. The molecule has 0 aromatic rings. The molecule has 0 saturated carbocycles. The molecular formula is C11H22N2O. The van der Waals surface area contributed by atoms with Crippen molar-refractivity contribution in [3.05, 3.63) is 12.3 Å². The van der Waals surface area contributed by atoms with Crippen LogP contribution in [0.2, 0.25) is 0 Å². The topological polar surface area (TPSA) is 26.7 Å².